The standard InChI is InChI=1S/C12H19N5O2/c18-12(19)10-5-9-3-7(1-2-8(9)6-13-10)4-11-14-16-17-15-11/h7-10,13H,1-6H2,(H,18,19)(H,14,15,16,17)/t7-,8-,9+,10-/m0/s1/i11-1. The summed E-state index contributed by atoms with van der Waals surface area (Å²) in [7, 11) is 0. The molecule has 0 radical (unpaired) electrons. The van der Waals surface area contributed by atoms with Gasteiger partial charge in [0.2, 0.25) is 0 Å². The predicted molar refractivity (Wildman–Crippen MR) is 66.2 cm³/mol. The number of aromatic nitrogens is 4. The summed E-state index contributed by atoms with van der Waals surface area (Å²) in [5, 5.41) is 26.3. The van der Waals surface area contributed by atoms with Crippen molar-refractivity contribution in [1.29, 1.82) is 0 Å². The third-order valence-corrected chi connectivity index (χ3v) is 4.57. The average Bonchev–Trinajstić information content (AvgIpc) is 2.90. The number of carboxylic acid groups (broad SMARTS) is 1. The number of aromatic amines is 1. The van der Waals surface area contributed by atoms with E-state index >= 15 is 0 Å². The van der Waals surface area contributed by atoms with E-state index in [-0.39, 0.29) is 6.04 Å². The van der Waals surface area contributed by atoms with Crippen molar-refractivity contribution in [3.63, 3.8) is 0 Å². The largest absolute Gasteiger partial charge is 0.480 e. The van der Waals surface area contributed by atoms with E-state index in [2.05, 4.69) is 25.9 Å². The van der Waals surface area contributed by atoms with Gasteiger partial charge in [0.1, 0.15) is 6.04 Å². The minimum Gasteiger partial charge on any atom is -0.480 e. The number of tetrazole rings is 1. The van der Waals surface area contributed by atoms with E-state index < -0.39 is 5.97 Å². The second kappa shape index (κ2) is 5.24. The van der Waals surface area contributed by atoms with E-state index in [4.69, 9.17) is 5.11 Å². The van der Waals surface area contributed by atoms with Gasteiger partial charge in [-0.05, 0) is 50.0 Å². The number of piperidine rings is 1. The van der Waals surface area contributed by atoms with Crippen LogP contribution in [0.1, 0.15) is 31.5 Å². The van der Waals surface area contributed by atoms with Crippen LogP contribution in [0.25, 0.3) is 0 Å². The maximum Gasteiger partial charge on any atom is 0.320 e. The van der Waals surface area contributed by atoms with Gasteiger partial charge in [0.05, 0.1) is 0 Å². The van der Waals surface area contributed by atoms with Crippen molar-refractivity contribution in [2.24, 2.45) is 17.8 Å². The lowest BCUT2D eigenvalue weighted by Crippen LogP contribution is -2.49. The number of nitrogens with zero attached hydrogens (tertiary/aromatic N) is 3. The van der Waals surface area contributed by atoms with Crippen molar-refractivity contribution in [2.75, 3.05) is 6.54 Å². The fourth-order valence-electron chi connectivity index (χ4n) is 3.56. The Bertz CT molecular complexity index is 435. The maximum atomic E-state index is 11.1. The molecule has 3 rings (SSSR count). The first-order valence-electron chi connectivity index (χ1n) is 6.91. The molecule has 0 unspecified atom stereocenters. The number of H-pyrrole nitrogens is 1. The molecule has 104 valence electrons. The smallest absolute Gasteiger partial charge is 0.320 e. The molecule has 2 fully saturated rings. The number of nitrogens with one attached hydrogen (secondary N) is 2. The van der Waals surface area contributed by atoms with Crippen LogP contribution >= 0.6 is 0 Å². The Labute approximate surface area is 111 Å². The van der Waals surface area contributed by atoms with Crippen molar-refractivity contribution in [1.82, 2.24) is 25.9 Å². The number of fused-ring (bicyclic) bond motifs is 1. The van der Waals surface area contributed by atoms with Gasteiger partial charge in [-0.2, -0.15) is 5.21 Å². The molecular weight excluding hydrogens is 245 g/mol. The van der Waals surface area contributed by atoms with Gasteiger partial charge in [-0.3, -0.25) is 4.79 Å². The number of hydrogen-bond donors (Lipinski definition) is 3. The minimum absolute atomic E-state index is 0.370. The molecule has 1 aliphatic carbocycles. The summed E-state index contributed by atoms with van der Waals surface area (Å²) in [6, 6.07) is -0.370. The van der Waals surface area contributed by atoms with Gasteiger partial charge in [0.15, 0.2) is 5.82 Å². The molecule has 19 heavy (non-hydrogen) atoms. The number of hydrogen-bond acceptors (Lipinski definition) is 5. The second-order valence-electron chi connectivity index (χ2n) is 5.77. The van der Waals surface area contributed by atoms with Crippen LogP contribution in [0.2, 0.25) is 0 Å². The molecule has 0 spiro atoms. The lowest BCUT2D eigenvalue weighted by atomic mass is 9.66. The Balaban J connectivity index is 1.59. The summed E-state index contributed by atoms with van der Waals surface area (Å²) in [6.45, 7) is 0.844. The Kier molecular flexibility index (Phi) is 3.46. The molecular formula is C12H19N5O2. The van der Waals surface area contributed by atoms with Crippen LogP contribution in [0.3, 0.4) is 0 Å². The van der Waals surface area contributed by atoms with Gasteiger partial charge in [-0.15, -0.1) is 10.2 Å². The van der Waals surface area contributed by atoms with Crippen LogP contribution in [-0.2, 0) is 11.2 Å². The van der Waals surface area contributed by atoms with Crippen LogP contribution in [0.15, 0.2) is 0 Å². The molecule has 1 aliphatic heterocycles. The van der Waals surface area contributed by atoms with E-state index in [0.29, 0.717) is 17.8 Å². The van der Waals surface area contributed by atoms with E-state index in [0.717, 1.165) is 31.6 Å². The third kappa shape index (κ3) is 2.75. The summed E-state index contributed by atoms with van der Waals surface area (Å²) in [4.78, 5) is 11.1. The highest BCUT2D eigenvalue weighted by atomic mass is 16.4. The molecule has 0 amide bonds. The van der Waals surface area contributed by atoms with E-state index in [1.165, 1.54) is 12.8 Å². The molecule has 1 aromatic heterocycles. The van der Waals surface area contributed by atoms with Crippen LogP contribution in [-0.4, -0.2) is 44.3 Å². The van der Waals surface area contributed by atoms with E-state index in [9.17, 15) is 4.79 Å². The SMILES string of the molecule is O=C(O)[C@@H]1C[C@H]2C[C@@H](C[11c]3nn[nH]n3)CC[C@H]2CN1. The highest BCUT2D eigenvalue weighted by Gasteiger charge is 2.37. The highest BCUT2D eigenvalue weighted by Crippen LogP contribution is 2.39. The molecule has 1 saturated heterocycles. The molecule has 0 bridgehead atoms. The summed E-state index contributed by atoms with van der Waals surface area (Å²) in [5.41, 5.74) is 0. The molecule has 7 nitrogen and oxygen atoms in total. The van der Waals surface area contributed by atoms with E-state index in [1.807, 2.05) is 0 Å². The fourth-order valence-corrected chi connectivity index (χ4v) is 3.56. The fraction of sp³-hybridized carbons (Fsp3) is 0.833. The molecule has 7 heteroatoms. The number of rotatable bonds is 3. The van der Waals surface area contributed by atoms with Gasteiger partial charge in [-0.1, -0.05) is 5.21 Å². The topological polar surface area (TPSA) is 104 Å². The monoisotopic (exact) mass is 264 g/mol. The lowest BCUT2D eigenvalue weighted by Gasteiger charge is -2.41. The zero-order valence-electron chi connectivity index (χ0n) is 10.7. The zero-order valence-corrected chi connectivity index (χ0v) is 10.7. The Morgan fingerprint density at radius 1 is 1.32 bits per heavy atom. The van der Waals surface area contributed by atoms with Crippen molar-refractivity contribution in [3.8, 4) is 0 Å². The number of aliphatic carboxylic acids is 1. The predicted octanol–water partition coefficient (Wildman–Crippen LogP) is 0.221. The molecule has 1 aromatic rings. The van der Waals surface area contributed by atoms with Gasteiger partial charge in [0.25, 0.3) is 0 Å². The van der Waals surface area contributed by atoms with Crippen LogP contribution in [0, 0.1) is 17.8 Å². The molecule has 2 heterocycles. The zero-order chi connectivity index (χ0) is 13.2. The summed E-state index contributed by atoms with van der Waals surface area (Å²) in [5.74, 6) is 1.77. The first-order valence-corrected chi connectivity index (χ1v) is 6.91. The van der Waals surface area contributed by atoms with Gasteiger partial charge < -0.3 is 10.4 Å². The molecule has 3 N–H and O–H groups in total. The summed E-state index contributed by atoms with van der Waals surface area (Å²) in [6.07, 6.45) is 5.04. The quantitative estimate of drug-likeness (QED) is 0.721. The minimum atomic E-state index is -0.723. The first kappa shape index (κ1) is 12.5. The third-order valence-electron chi connectivity index (χ3n) is 4.57. The average molecular weight is 264 g/mol. The van der Waals surface area contributed by atoms with Crippen LogP contribution < -0.4 is 5.32 Å². The van der Waals surface area contributed by atoms with Gasteiger partial charge in [-0.25, -0.2) is 0 Å². The molecule has 2 aliphatic rings. The van der Waals surface area contributed by atoms with Crippen LogP contribution in [0.5, 0.6) is 0 Å². The van der Waals surface area contributed by atoms with Gasteiger partial charge >= 0.3 is 5.97 Å². The number of carboxylic acids is 1. The summed E-state index contributed by atoms with van der Waals surface area (Å²) >= 11 is 0. The van der Waals surface area contributed by atoms with Crippen molar-refractivity contribution in [3.05, 3.63) is 5.82 Å². The first-order chi connectivity index (χ1) is 9.22. The number of carbonyl (C=O) groups is 1. The molecule has 4 atom stereocenters. The Morgan fingerprint density at radius 3 is 2.95 bits per heavy atom. The van der Waals surface area contributed by atoms with E-state index in [1.54, 1.807) is 0 Å². The van der Waals surface area contributed by atoms with Crippen molar-refractivity contribution in [2.45, 2.75) is 38.1 Å². The molecule has 1 saturated carbocycles. The van der Waals surface area contributed by atoms with Crippen molar-refractivity contribution < 1.29 is 9.90 Å². The van der Waals surface area contributed by atoms with Gasteiger partial charge in [0, 0.05) is 6.42 Å². The summed E-state index contributed by atoms with van der Waals surface area (Å²) < 4.78 is 0. The maximum absolute atomic E-state index is 11.1. The molecule has 0 aromatic carbocycles. The van der Waals surface area contributed by atoms with Crippen molar-refractivity contribution >= 4 is 5.97 Å². The van der Waals surface area contributed by atoms with Crippen LogP contribution in [0.4, 0.5) is 0 Å². The normalized spacial score (nSPS) is 34.7. The Morgan fingerprint density at radius 2 is 2.21 bits per heavy atom. The second-order valence-corrected chi connectivity index (χ2v) is 5.77. The Hall–Kier alpha value is -1.50. The lowest BCUT2D eigenvalue weighted by molar-refractivity contribution is -0.141. The highest BCUT2D eigenvalue weighted by molar-refractivity contribution is 5.73.